The smallest absolute Gasteiger partial charge is 0.241 e. The number of carbonyl (C=O) groups excluding carboxylic acids is 1. The van der Waals surface area contributed by atoms with Crippen molar-refractivity contribution in [3.8, 4) is 0 Å². The Morgan fingerprint density at radius 3 is 2.45 bits per heavy atom. The van der Waals surface area contributed by atoms with E-state index >= 15 is 0 Å². The van der Waals surface area contributed by atoms with E-state index in [1.807, 2.05) is 19.9 Å². The molecule has 5 heteroatoms. The lowest BCUT2D eigenvalue weighted by molar-refractivity contribution is -0.119. The van der Waals surface area contributed by atoms with Crippen molar-refractivity contribution >= 4 is 11.9 Å². The molecule has 0 aliphatic carbocycles. The summed E-state index contributed by atoms with van der Waals surface area (Å²) in [6, 6.07) is 10.7. The Kier molecular flexibility index (Phi) is 8.72. The van der Waals surface area contributed by atoms with Crippen molar-refractivity contribution in [2.24, 2.45) is 4.99 Å². The van der Waals surface area contributed by atoms with E-state index in [1.165, 1.54) is 5.56 Å². The molecule has 1 aromatic carbocycles. The molecule has 0 spiro atoms. The largest absolute Gasteiger partial charge is 0.357 e. The molecule has 0 fully saturated rings. The minimum absolute atomic E-state index is 0.0587. The second-order valence-corrected chi connectivity index (χ2v) is 5.22. The number of aliphatic imine (C=N–C) groups is 1. The van der Waals surface area contributed by atoms with E-state index < -0.39 is 0 Å². The first-order valence-corrected chi connectivity index (χ1v) is 8.01. The minimum Gasteiger partial charge on any atom is -0.357 e. The summed E-state index contributed by atoms with van der Waals surface area (Å²) in [5, 5.41) is 9.25. The number of nitrogens with zero attached hydrogens (tertiary/aromatic N) is 1. The van der Waals surface area contributed by atoms with Crippen molar-refractivity contribution in [3.05, 3.63) is 35.9 Å². The second kappa shape index (κ2) is 10.7. The fourth-order valence-electron chi connectivity index (χ4n) is 2.06. The molecule has 1 atom stereocenters. The highest BCUT2D eigenvalue weighted by atomic mass is 16.1. The third-order valence-corrected chi connectivity index (χ3v) is 3.19. The highest BCUT2D eigenvalue weighted by molar-refractivity contribution is 5.84. The minimum atomic E-state index is -0.0587. The lowest BCUT2D eigenvalue weighted by Crippen LogP contribution is -2.43. The Labute approximate surface area is 133 Å². The molecule has 0 bridgehead atoms. The van der Waals surface area contributed by atoms with Crippen molar-refractivity contribution in [1.82, 2.24) is 16.0 Å². The predicted octanol–water partition coefficient (Wildman–Crippen LogP) is 1.70. The van der Waals surface area contributed by atoms with Crippen LogP contribution in [0, 0.1) is 0 Å². The number of rotatable bonds is 8. The summed E-state index contributed by atoms with van der Waals surface area (Å²) in [6.07, 6.45) is 2.03. The van der Waals surface area contributed by atoms with E-state index in [1.54, 1.807) is 0 Å². The highest BCUT2D eigenvalue weighted by Crippen LogP contribution is 2.04. The average molecular weight is 304 g/mol. The quantitative estimate of drug-likeness (QED) is 0.506. The Hall–Kier alpha value is -2.04. The summed E-state index contributed by atoms with van der Waals surface area (Å²) in [4.78, 5) is 15.8. The zero-order chi connectivity index (χ0) is 16.2. The van der Waals surface area contributed by atoms with Crippen LogP contribution in [-0.4, -0.2) is 37.5 Å². The number of nitrogens with one attached hydrogen (secondary N) is 3. The van der Waals surface area contributed by atoms with Crippen LogP contribution in [0.2, 0.25) is 0 Å². The Morgan fingerprint density at radius 1 is 1.14 bits per heavy atom. The van der Waals surface area contributed by atoms with Gasteiger partial charge in [-0.15, -0.1) is 0 Å². The summed E-state index contributed by atoms with van der Waals surface area (Å²) < 4.78 is 0. The molecular weight excluding hydrogens is 276 g/mol. The van der Waals surface area contributed by atoms with Crippen LogP contribution in [0.3, 0.4) is 0 Å². The molecule has 122 valence electrons. The van der Waals surface area contributed by atoms with E-state index in [-0.39, 0.29) is 18.5 Å². The van der Waals surface area contributed by atoms with Gasteiger partial charge in [-0.05, 0) is 39.2 Å². The topological polar surface area (TPSA) is 65.5 Å². The number of hydrogen-bond acceptors (Lipinski definition) is 2. The van der Waals surface area contributed by atoms with Crippen LogP contribution in [0.1, 0.15) is 32.8 Å². The summed E-state index contributed by atoms with van der Waals surface area (Å²) in [7, 11) is 0. The first kappa shape index (κ1) is 18.0. The van der Waals surface area contributed by atoms with Crippen LogP contribution in [0.15, 0.2) is 35.3 Å². The maximum absolute atomic E-state index is 11.5. The van der Waals surface area contributed by atoms with Crippen molar-refractivity contribution in [3.63, 3.8) is 0 Å². The Bertz CT molecular complexity index is 459. The molecule has 0 saturated carbocycles. The number of carbonyl (C=O) groups is 1. The van der Waals surface area contributed by atoms with Crippen LogP contribution in [0.5, 0.6) is 0 Å². The second-order valence-electron chi connectivity index (χ2n) is 5.22. The molecule has 0 aromatic heterocycles. The van der Waals surface area contributed by atoms with Crippen LogP contribution in [0.4, 0.5) is 0 Å². The summed E-state index contributed by atoms with van der Waals surface area (Å²) in [5.74, 6) is 0.631. The van der Waals surface area contributed by atoms with E-state index in [0.717, 1.165) is 19.4 Å². The van der Waals surface area contributed by atoms with Crippen molar-refractivity contribution in [1.29, 1.82) is 0 Å². The molecular formula is C17H28N4O. The van der Waals surface area contributed by atoms with Gasteiger partial charge in [-0.2, -0.15) is 0 Å². The summed E-state index contributed by atoms with van der Waals surface area (Å²) >= 11 is 0. The van der Waals surface area contributed by atoms with Gasteiger partial charge in [-0.25, -0.2) is 4.99 Å². The summed E-state index contributed by atoms with van der Waals surface area (Å²) in [5.41, 5.74) is 1.33. The molecule has 1 amide bonds. The number of amides is 1. The molecule has 0 radical (unpaired) electrons. The highest BCUT2D eigenvalue weighted by Gasteiger charge is 2.06. The predicted molar refractivity (Wildman–Crippen MR) is 92.0 cm³/mol. The monoisotopic (exact) mass is 304 g/mol. The van der Waals surface area contributed by atoms with Gasteiger partial charge in [0.15, 0.2) is 5.96 Å². The molecule has 3 N–H and O–H groups in total. The fraction of sp³-hybridized carbons (Fsp3) is 0.529. The molecule has 0 saturated heterocycles. The molecule has 1 aromatic rings. The van der Waals surface area contributed by atoms with E-state index in [9.17, 15) is 4.79 Å². The average Bonchev–Trinajstić information content (AvgIpc) is 2.52. The van der Waals surface area contributed by atoms with Crippen LogP contribution < -0.4 is 16.0 Å². The van der Waals surface area contributed by atoms with E-state index in [4.69, 9.17) is 0 Å². The lowest BCUT2D eigenvalue weighted by Gasteiger charge is -2.17. The van der Waals surface area contributed by atoms with Gasteiger partial charge in [-0.3, -0.25) is 4.79 Å². The first-order chi connectivity index (χ1) is 10.7. The number of guanidine groups is 1. The molecule has 22 heavy (non-hydrogen) atoms. The summed E-state index contributed by atoms with van der Waals surface area (Å²) in [6.45, 7) is 7.59. The lowest BCUT2D eigenvalue weighted by atomic mass is 10.1. The molecule has 0 heterocycles. The maximum atomic E-state index is 11.5. The van der Waals surface area contributed by atoms with Crippen molar-refractivity contribution in [2.75, 3.05) is 19.6 Å². The molecule has 0 aliphatic heterocycles. The van der Waals surface area contributed by atoms with Gasteiger partial charge in [0.2, 0.25) is 5.91 Å². The third-order valence-electron chi connectivity index (χ3n) is 3.19. The fourth-order valence-corrected chi connectivity index (χ4v) is 2.06. The normalized spacial score (nSPS) is 12.6. The third kappa shape index (κ3) is 7.67. The van der Waals surface area contributed by atoms with Gasteiger partial charge in [-0.1, -0.05) is 30.3 Å². The van der Waals surface area contributed by atoms with Crippen LogP contribution >= 0.6 is 0 Å². The Morgan fingerprint density at radius 2 is 1.82 bits per heavy atom. The zero-order valence-electron chi connectivity index (χ0n) is 13.9. The maximum Gasteiger partial charge on any atom is 0.241 e. The number of hydrogen-bond donors (Lipinski definition) is 3. The van der Waals surface area contributed by atoms with Crippen molar-refractivity contribution in [2.45, 2.75) is 39.7 Å². The van der Waals surface area contributed by atoms with Gasteiger partial charge in [0.25, 0.3) is 0 Å². The van der Waals surface area contributed by atoms with Gasteiger partial charge in [0.05, 0.1) is 0 Å². The molecule has 0 aliphatic rings. The number of aryl methyl sites for hydroxylation is 1. The Balaban J connectivity index is 2.43. The molecule has 5 nitrogen and oxygen atoms in total. The van der Waals surface area contributed by atoms with Crippen LogP contribution in [-0.2, 0) is 11.2 Å². The van der Waals surface area contributed by atoms with E-state index in [0.29, 0.717) is 12.5 Å². The van der Waals surface area contributed by atoms with Crippen molar-refractivity contribution < 1.29 is 4.79 Å². The number of likely N-dealkylation sites (N-methyl/N-ethyl adjacent to an activating group) is 1. The zero-order valence-corrected chi connectivity index (χ0v) is 13.9. The number of benzene rings is 1. The SMILES string of the molecule is CCNC(=O)CN=C(NCC)NC(C)CCc1ccccc1. The molecule has 1 rings (SSSR count). The molecule has 1 unspecified atom stereocenters. The van der Waals surface area contributed by atoms with Gasteiger partial charge in [0, 0.05) is 19.1 Å². The van der Waals surface area contributed by atoms with E-state index in [2.05, 4.69) is 52.1 Å². The van der Waals surface area contributed by atoms with Gasteiger partial charge < -0.3 is 16.0 Å². The first-order valence-electron chi connectivity index (χ1n) is 8.01. The standard InChI is InChI=1S/C17H28N4O/c1-4-18-16(22)13-20-17(19-5-2)21-14(3)11-12-15-9-7-6-8-10-15/h6-10,14H,4-5,11-13H2,1-3H3,(H,18,22)(H2,19,20,21). The van der Waals surface area contributed by atoms with Gasteiger partial charge in [0.1, 0.15) is 6.54 Å². The van der Waals surface area contributed by atoms with Crippen LogP contribution in [0.25, 0.3) is 0 Å². The van der Waals surface area contributed by atoms with Gasteiger partial charge >= 0.3 is 0 Å².